The molecule has 0 saturated carbocycles. The minimum atomic E-state index is 0.270. The lowest BCUT2D eigenvalue weighted by Crippen LogP contribution is -2.25. The Hall–Kier alpha value is -1.29. The average molecular weight is 194 g/mol. The van der Waals surface area contributed by atoms with E-state index in [2.05, 4.69) is 10.3 Å². The van der Waals surface area contributed by atoms with E-state index in [0.717, 1.165) is 12.0 Å². The van der Waals surface area contributed by atoms with Gasteiger partial charge in [-0.15, -0.1) is 0 Å². The number of pyridine rings is 1. The zero-order valence-electron chi connectivity index (χ0n) is 7.06. The van der Waals surface area contributed by atoms with Crippen LogP contribution in [-0.2, 0) is 11.2 Å². The van der Waals surface area contributed by atoms with Crippen LogP contribution in [0.1, 0.15) is 5.69 Å². The molecule has 0 atom stereocenters. The average Bonchev–Trinajstić information content (AvgIpc) is 2.16. The highest BCUT2D eigenvalue weighted by Gasteiger charge is 1.97. The summed E-state index contributed by atoms with van der Waals surface area (Å²) in [7, 11) is 0. The Kier molecular flexibility index (Phi) is 4.05. The number of hydrogen-bond acceptors (Lipinski definition) is 3. The van der Waals surface area contributed by atoms with Crippen LogP contribution in [0.15, 0.2) is 24.4 Å². The van der Waals surface area contributed by atoms with Crippen LogP contribution in [-0.4, -0.2) is 22.8 Å². The van der Waals surface area contributed by atoms with Crippen molar-refractivity contribution in [3.8, 4) is 0 Å². The van der Waals surface area contributed by atoms with E-state index in [1.54, 1.807) is 6.20 Å². The summed E-state index contributed by atoms with van der Waals surface area (Å²) in [5.74, 6) is 0. The van der Waals surface area contributed by atoms with E-state index < -0.39 is 0 Å². The standard InChI is InChI=1S/C9H10N2OS/c12-6-5-11-9(13)7-8-3-1-2-4-10-8/h1-4,6H,5,7H2,(H,11,13). The van der Waals surface area contributed by atoms with Gasteiger partial charge in [0, 0.05) is 18.3 Å². The van der Waals surface area contributed by atoms with Crippen molar-refractivity contribution in [3.05, 3.63) is 30.1 Å². The summed E-state index contributed by atoms with van der Waals surface area (Å²) in [5, 5.41) is 2.80. The molecule has 4 heteroatoms. The van der Waals surface area contributed by atoms with Gasteiger partial charge in [-0.05, 0) is 12.1 Å². The van der Waals surface area contributed by atoms with Gasteiger partial charge in [0.05, 0.1) is 11.5 Å². The first-order chi connectivity index (χ1) is 6.33. The van der Waals surface area contributed by atoms with Crippen molar-refractivity contribution < 1.29 is 4.79 Å². The first-order valence-electron chi connectivity index (χ1n) is 3.93. The molecular formula is C9H10N2OS. The van der Waals surface area contributed by atoms with E-state index in [-0.39, 0.29) is 6.54 Å². The maximum Gasteiger partial charge on any atom is 0.139 e. The highest BCUT2D eigenvalue weighted by molar-refractivity contribution is 7.80. The number of nitrogens with zero attached hydrogens (tertiary/aromatic N) is 1. The van der Waals surface area contributed by atoms with Crippen molar-refractivity contribution in [1.82, 2.24) is 10.3 Å². The summed E-state index contributed by atoms with van der Waals surface area (Å²) < 4.78 is 0. The molecule has 13 heavy (non-hydrogen) atoms. The van der Waals surface area contributed by atoms with E-state index in [1.807, 2.05) is 18.2 Å². The third-order valence-corrected chi connectivity index (χ3v) is 1.74. The highest BCUT2D eigenvalue weighted by Crippen LogP contribution is 1.94. The Bertz CT molecular complexity index is 287. The predicted molar refractivity (Wildman–Crippen MR) is 54.6 cm³/mol. The second-order valence-corrected chi connectivity index (χ2v) is 2.96. The van der Waals surface area contributed by atoms with E-state index in [9.17, 15) is 4.79 Å². The Morgan fingerprint density at radius 2 is 2.46 bits per heavy atom. The van der Waals surface area contributed by atoms with Gasteiger partial charge in [-0.1, -0.05) is 18.3 Å². The highest BCUT2D eigenvalue weighted by atomic mass is 32.1. The van der Waals surface area contributed by atoms with E-state index in [4.69, 9.17) is 12.2 Å². The second kappa shape index (κ2) is 5.37. The molecular weight excluding hydrogens is 184 g/mol. The molecule has 68 valence electrons. The van der Waals surface area contributed by atoms with Crippen molar-refractivity contribution in [2.45, 2.75) is 6.42 Å². The van der Waals surface area contributed by atoms with Gasteiger partial charge in [-0.2, -0.15) is 0 Å². The predicted octanol–water partition coefficient (Wildman–Crippen LogP) is 0.740. The normalized spacial score (nSPS) is 9.23. The van der Waals surface area contributed by atoms with Crippen LogP contribution >= 0.6 is 12.2 Å². The topological polar surface area (TPSA) is 42.0 Å². The van der Waals surface area contributed by atoms with Gasteiger partial charge >= 0.3 is 0 Å². The minimum Gasteiger partial charge on any atom is -0.373 e. The van der Waals surface area contributed by atoms with Crippen LogP contribution in [0.4, 0.5) is 0 Å². The molecule has 0 aliphatic carbocycles. The fourth-order valence-corrected chi connectivity index (χ4v) is 1.12. The van der Waals surface area contributed by atoms with Crippen LogP contribution in [0.2, 0.25) is 0 Å². The Labute approximate surface area is 82.2 Å². The number of carbonyl (C=O) groups excluding carboxylic acids is 1. The van der Waals surface area contributed by atoms with E-state index in [1.165, 1.54) is 0 Å². The van der Waals surface area contributed by atoms with Crippen LogP contribution in [0.25, 0.3) is 0 Å². The van der Waals surface area contributed by atoms with Crippen molar-refractivity contribution >= 4 is 23.5 Å². The van der Waals surface area contributed by atoms with Crippen molar-refractivity contribution in [3.63, 3.8) is 0 Å². The zero-order chi connectivity index (χ0) is 9.52. The molecule has 3 nitrogen and oxygen atoms in total. The lowest BCUT2D eigenvalue weighted by molar-refractivity contribution is -0.106. The molecule has 0 aromatic carbocycles. The van der Waals surface area contributed by atoms with Gasteiger partial charge < -0.3 is 10.1 Å². The molecule has 0 aliphatic rings. The number of aromatic nitrogens is 1. The van der Waals surface area contributed by atoms with Gasteiger partial charge in [0.2, 0.25) is 0 Å². The summed E-state index contributed by atoms with van der Waals surface area (Å²) in [6.45, 7) is 0.270. The quantitative estimate of drug-likeness (QED) is 0.567. The molecule has 1 aromatic heterocycles. The van der Waals surface area contributed by atoms with Gasteiger partial charge in [-0.3, -0.25) is 4.98 Å². The lowest BCUT2D eigenvalue weighted by Gasteiger charge is -2.02. The molecule has 0 bridgehead atoms. The largest absolute Gasteiger partial charge is 0.373 e. The van der Waals surface area contributed by atoms with E-state index in [0.29, 0.717) is 11.4 Å². The number of nitrogens with one attached hydrogen (secondary N) is 1. The van der Waals surface area contributed by atoms with Gasteiger partial charge in [-0.25, -0.2) is 0 Å². The molecule has 0 spiro atoms. The molecule has 1 N–H and O–H groups in total. The molecule has 0 aliphatic heterocycles. The molecule has 1 aromatic rings. The van der Waals surface area contributed by atoms with Gasteiger partial charge in [0.25, 0.3) is 0 Å². The van der Waals surface area contributed by atoms with Gasteiger partial charge in [0.1, 0.15) is 6.29 Å². The zero-order valence-corrected chi connectivity index (χ0v) is 7.88. The molecule has 0 fully saturated rings. The van der Waals surface area contributed by atoms with Gasteiger partial charge in [0.15, 0.2) is 0 Å². The monoisotopic (exact) mass is 194 g/mol. The van der Waals surface area contributed by atoms with Crippen molar-refractivity contribution in [1.29, 1.82) is 0 Å². The molecule has 1 heterocycles. The number of aldehydes is 1. The van der Waals surface area contributed by atoms with Crippen LogP contribution in [0.5, 0.6) is 0 Å². The molecule has 0 unspecified atom stereocenters. The Morgan fingerprint density at radius 1 is 1.62 bits per heavy atom. The minimum absolute atomic E-state index is 0.270. The number of carbonyl (C=O) groups is 1. The summed E-state index contributed by atoms with van der Waals surface area (Å²) in [6, 6.07) is 5.66. The van der Waals surface area contributed by atoms with Crippen LogP contribution in [0.3, 0.4) is 0 Å². The summed E-state index contributed by atoms with van der Waals surface area (Å²) in [6.07, 6.45) is 3.09. The number of hydrogen-bond donors (Lipinski definition) is 1. The first-order valence-corrected chi connectivity index (χ1v) is 4.34. The summed E-state index contributed by atoms with van der Waals surface area (Å²) in [5.41, 5.74) is 0.908. The molecule has 1 rings (SSSR count). The maximum atomic E-state index is 10.0. The number of thiocarbonyl (C=S) groups is 1. The fraction of sp³-hybridized carbons (Fsp3) is 0.222. The molecule has 0 amide bonds. The van der Waals surface area contributed by atoms with E-state index >= 15 is 0 Å². The smallest absolute Gasteiger partial charge is 0.139 e. The Balaban J connectivity index is 2.41. The van der Waals surface area contributed by atoms with Crippen LogP contribution < -0.4 is 5.32 Å². The third kappa shape index (κ3) is 3.75. The first kappa shape index (κ1) is 9.80. The summed E-state index contributed by atoms with van der Waals surface area (Å²) in [4.78, 5) is 14.8. The fourth-order valence-electron chi connectivity index (χ4n) is 0.885. The molecule has 0 saturated heterocycles. The maximum absolute atomic E-state index is 10.0. The SMILES string of the molecule is O=CCNC(=S)Cc1ccccn1. The summed E-state index contributed by atoms with van der Waals surface area (Å²) >= 11 is 4.99. The Morgan fingerprint density at radius 3 is 3.08 bits per heavy atom. The third-order valence-electron chi connectivity index (χ3n) is 1.45. The molecule has 0 radical (unpaired) electrons. The van der Waals surface area contributed by atoms with Crippen molar-refractivity contribution in [2.24, 2.45) is 0 Å². The number of rotatable bonds is 4. The lowest BCUT2D eigenvalue weighted by atomic mass is 10.3. The van der Waals surface area contributed by atoms with Crippen molar-refractivity contribution in [2.75, 3.05) is 6.54 Å². The van der Waals surface area contributed by atoms with Crippen LogP contribution in [0, 0.1) is 0 Å². The second-order valence-electron chi connectivity index (χ2n) is 2.47.